The lowest BCUT2D eigenvalue weighted by Crippen LogP contribution is -2.56. The first kappa shape index (κ1) is 17.0. The van der Waals surface area contributed by atoms with Crippen molar-refractivity contribution >= 4 is 15.9 Å². The second-order valence-electron chi connectivity index (χ2n) is 6.13. The fourth-order valence-electron chi connectivity index (χ4n) is 2.83. The molecule has 1 aliphatic rings. The molecule has 1 saturated heterocycles. The van der Waals surface area contributed by atoms with Gasteiger partial charge in [0, 0.05) is 6.54 Å². The van der Waals surface area contributed by atoms with E-state index in [-0.39, 0.29) is 16.7 Å². The summed E-state index contributed by atoms with van der Waals surface area (Å²) in [6.45, 7) is 6.29. The van der Waals surface area contributed by atoms with Crippen LogP contribution in [0.1, 0.15) is 39.2 Å². The van der Waals surface area contributed by atoms with Crippen molar-refractivity contribution in [2.24, 2.45) is 5.92 Å². The minimum absolute atomic E-state index is 0.121. The molecule has 1 fully saturated rings. The first-order valence-corrected chi connectivity index (χ1v) is 9.21. The Morgan fingerprint density at radius 2 is 1.91 bits per heavy atom. The first-order chi connectivity index (χ1) is 10.3. The van der Waals surface area contributed by atoms with E-state index in [4.69, 9.17) is 0 Å². The number of hydrogen-bond acceptors (Lipinski definition) is 3. The van der Waals surface area contributed by atoms with Crippen LogP contribution in [-0.2, 0) is 21.2 Å². The van der Waals surface area contributed by atoms with Crippen molar-refractivity contribution in [1.82, 2.24) is 10.0 Å². The fraction of sp³-hybridized carbons (Fsp3) is 0.562. The Hall–Kier alpha value is -1.40. The molecule has 2 rings (SSSR count). The summed E-state index contributed by atoms with van der Waals surface area (Å²) in [5.41, 5.74) is 0.0552. The van der Waals surface area contributed by atoms with Gasteiger partial charge in [-0.05, 0) is 36.5 Å². The number of nitrogens with one attached hydrogen (secondary N) is 2. The van der Waals surface area contributed by atoms with Crippen molar-refractivity contribution < 1.29 is 13.2 Å². The van der Waals surface area contributed by atoms with Gasteiger partial charge in [0.05, 0.1) is 4.90 Å². The van der Waals surface area contributed by atoms with Crippen molar-refractivity contribution in [3.05, 3.63) is 29.8 Å². The third kappa shape index (κ3) is 3.17. The second-order valence-corrected chi connectivity index (χ2v) is 7.81. The lowest BCUT2D eigenvalue weighted by Gasteiger charge is -2.31. The maximum atomic E-state index is 12.6. The molecule has 5 nitrogen and oxygen atoms in total. The highest BCUT2D eigenvalue weighted by molar-refractivity contribution is 7.89. The van der Waals surface area contributed by atoms with Crippen LogP contribution in [0.15, 0.2) is 29.2 Å². The van der Waals surface area contributed by atoms with Crippen LogP contribution < -0.4 is 10.0 Å². The summed E-state index contributed by atoms with van der Waals surface area (Å²) in [7, 11) is -3.72. The Kier molecular flexibility index (Phi) is 4.92. The second kappa shape index (κ2) is 6.38. The van der Waals surface area contributed by atoms with E-state index in [2.05, 4.69) is 17.0 Å². The van der Waals surface area contributed by atoms with Crippen LogP contribution in [0.4, 0.5) is 0 Å². The summed E-state index contributed by atoms with van der Waals surface area (Å²) in [4.78, 5) is 12.3. The third-order valence-electron chi connectivity index (χ3n) is 4.28. The van der Waals surface area contributed by atoms with Crippen molar-refractivity contribution in [2.75, 3.05) is 6.54 Å². The summed E-state index contributed by atoms with van der Waals surface area (Å²) in [6, 6.07) is 6.87. The smallest absolute Gasteiger partial charge is 0.241 e. The van der Waals surface area contributed by atoms with Crippen LogP contribution in [0, 0.1) is 5.92 Å². The largest absolute Gasteiger partial charge is 0.354 e. The Labute approximate surface area is 132 Å². The molecule has 1 aromatic rings. The highest BCUT2D eigenvalue weighted by Gasteiger charge is 2.47. The number of benzene rings is 1. The minimum Gasteiger partial charge on any atom is -0.354 e. The molecule has 1 heterocycles. The molecule has 0 aliphatic carbocycles. The molecule has 2 N–H and O–H groups in total. The first-order valence-electron chi connectivity index (χ1n) is 7.73. The number of amides is 1. The molecule has 1 atom stereocenters. The average molecular weight is 324 g/mol. The predicted molar refractivity (Wildman–Crippen MR) is 86.0 cm³/mol. The average Bonchev–Trinajstić information content (AvgIpc) is 2.81. The minimum atomic E-state index is -3.72. The lowest BCUT2D eigenvalue weighted by atomic mass is 9.86. The van der Waals surface area contributed by atoms with Gasteiger partial charge in [-0.25, -0.2) is 8.42 Å². The molecular formula is C16H24N2O3S. The van der Waals surface area contributed by atoms with Crippen molar-refractivity contribution in [1.29, 1.82) is 0 Å². The van der Waals surface area contributed by atoms with E-state index in [0.717, 1.165) is 18.4 Å². The maximum absolute atomic E-state index is 12.6. The molecule has 1 amide bonds. The number of carbonyl (C=O) groups excluding carboxylic acids is 1. The highest BCUT2D eigenvalue weighted by Crippen LogP contribution is 2.28. The predicted octanol–water partition coefficient (Wildman–Crippen LogP) is 1.83. The molecule has 6 heteroatoms. The van der Waals surface area contributed by atoms with Crippen LogP contribution in [0.25, 0.3) is 0 Å². The third-order valence-corrected chi connectivity index (χ3v) is 5.81. The van der Waals surface area contributed by atoms with Crippen LogP contribution in [0.5, 0.6) is 0 Å². The Bertz CT molecular complexity index is 638. The Balaban J connectivity index is 2.28. The zero-order valence-electron chi connectivity index (χ0n) is 13.3. The van der Waals surface area contributed by atoms with Gasteiger partial charge in [-0.3, -0.25) is 4.79 Å². The zero-order chi connectivity index (χ0) is 16.4. The molecule has 22 heavy (non-hydrogen) atoms. The number of rotatable bonds is 6. The Morgan fingerprint density at radius 3 is 2.36 bits per heavy atom. The molecular weight excluding hydrogens is 300 g/mol. The van der Waals surface area contributed by atoms with Crippen LogP contribution in [-0.4, -0.2) is 26.4 Å². The van der Waals surface area contributed by atoms with E-state index in [1.165, 1.54) is 0 Å². The molecule has 1 aromatic carbocycles. The summed E-state index contributed by atoms with van der Waals surface area (Å²) >= 11 is 0. The van der Waals surface area contributed by atoms with Gasteiger partial charge in [-0.1, -0.05) is 39.3 Å². The molecule has 0 aromatic heterocycles. The van der Waals surface area contributed by atoms with Crippen molar-refractivity contribution in [2.45, 2.75) is 50.5 Å². The maximum Gasteiger partial charge on any atom is 0.241 e. The van der Waals surface area contributed by atoms with E-state index in [1.54, 1.807) is 12.1 Å². The molecule has 0 saturated carbocycles. The normalized spacial score (nSPS) is 22.1. The highest BCUT2D eigenvalue weighted by atomic mass is 32.2. The van der Waals surface area contributed by atoms with Gasteiger partial charge in [-0.15, -0.1) is 0 Å². The van der Waals surface area contributed by atoms with Gasteiger partial charge in [0.15, 0.2) is 0 Å². The van der Waals surface area contributed by atoms with E-state index in [1.807, 2.05) is 26.0 Å². The molecule has 1 unspecified atom stereocenters. The SMILES string of the molecule is CCCc1ccc(S(=O)(=O)NC2(C(C)C)CCNC2=O)cc1. The number of aryl methyl sites for hydroxylation is 1. The number of carbonyl (C=O) groups is 1. The van der Waals surface area contributed by atoms with E-state index >= 15 is 0 Å². The molecule has 0 spiro atoms. The summed E-state index contributed by atoms with van der Waals surface area (Å²) in [5, 5.41) is 2.73. The van der Waals surface area contributed by atoms with Gasteiger partial charge >= 0.3 is 0 Å². The standard InChI is InChI=1S/C16H24N2O3S/c1-4-5-13-6-8-14(9-7-13)22(20,21)18-16(12(2)3)10-11-17-15(16)19/h6-9,12,18H,4-5,10-11H2,1-3H3,(H,17,19). The van der Waals surface area contributed by atoms with Crippen LogP contribution in [0.2, 0.25) is 0 Å². The summed E-state index contributed by atoms with van der Waals surface area (Å²) in [5.74, 6) is -0.363. The fourth-order valence-corrected chi connectivity index (χ4v) is 4.36. The van der Waals surface area contributed by atoms with E-state index in [0.29, 0.717) is 13.0 Å². The zero-order valence-corrected chi connectivity index (χ0v) is 14.2. The van der Waals surface area contributed by atoms with Gasteiger partial charge in [0.25, 0.3) is 0 Å². The number of hydrogen-bond donors (Lipinski definition) is 2. The Morgan fingerprint density at radius 1 is 1.27 bits per heavy atom. The van der Waals surface area contributed by atoms with E-state index < -0.39 is 15.6 Å². The van der Waals surface area contributed by atoms with Gasteiger partial charge < -0.3 is 5.32 Å². The summed E-state index contributed by atoms with van der Waals surface area (Å²) in [6.07, 6.45) is 2.41. The van der Waals surface area contributed by atoms with E-state index in [9.17, 15) is 13.2 Å². The molecule has 1 aliphatic heterocycles. The van der Waals surface area contributed by atoms with Gasteiger partial charge in [0.1, 0.15) is 5.54 Å². The van der Waals surface area contributed by atoms with Gasteiger partial charge in [-0.2, -0.15) is 4.72 Å². The van der Waals surface area contributed by atoms with Crippen molar-refractivity contribution in [3.63, 3.8) is 0 Å². The summed E-state index contributed by atoms with van der Waals surface area (Å²) < 4.78 is 27.9. The topological polar surface area (TPSA) is 75.3 Å². The molecule has 0 radical (unpaired) electrons. The van der Waals surface area contributed by atoms with Crippen LogP contribution >= 0.6 is 0 Å². The van der Waals surface area contributed by atoms with Gasteiger partial charge in [0.2, 0.25) is 15.9 Å². The van der Waals surface area contributed by atoms with Crippen LogP contribution in [0.3, 0.4) is 0 Å². The molecule has 122 valence electrons. The lowest BCUT2D eigenvalue weighted by molar-refractivity contribution is -0.125. The monoisotopic (exact) mass is 324 g/mol. The molecule has 0 bridgehead atoms. The van der Waals surface area contributed by atoms with Crippen molar-refractivity contribution in [3.8, 4) is 0 Å². The number of sulfonamides is 1. The quantitative estimate of drug-likeness (QED) is 0.838.